The Hall–Kier alpha value is -4.41. The summed E-state index contributed by atoms with van der Waals surface area (Å²) in [6, 6.07) is 27.6. The summed E-state index contributed by atoms with van der Waals surface area (Å²) in [6.45, 7) is 1.73. The Morgan fingerprint density at radius 3 is 2.19 bits per heavy atom. The maximum absolute atomic E-state index is 14.1. The number of benzene rings is 4. The van der Waals surface area contributed by atoms with Crippen LogP contribution in [0.25, 0.3) is 6.08 Å². The lowest BCUT2D eigenvalue weighted by Crippen LogP contribution is -2.30. The van der Waals surface area contributed by atoms with Gasteiger partial charge in [0.2, 0.25) is 5.91 Å². The van der Waals surface area contributed by atoms with Crippen LogP contribution in [0, 0.1) is 5.82 Å². The maximum atomic E-state index is 14.1. The SMILES string of the molecule is CC(Sc1ccc(NC(=O)/C(=C/c2ccc(N(C)C)cc2)NC(=O)c2ccccc2)cc1)C(=O)Nc1ccc(Br)cc1F. The van der Waals surface area contributed by atoms with Crippen LogP contribution >= 0.6 is 27.7 Å². The van der Waals surface area contributed by atoms with Gasteiger partial charge in [-0.3, -0.25) is 14.4 Å². The maximum Gasteiger partial charge on any atom is 0.272 e. The molecule has 0 aliphatic carbocycles. The van der Waals surface area contributed by atoms with Gasteiger partial charge in [-0.05, 0) is 85.3 Å². The summed E-state index contributed by atoms with van der Waals surface area (Å²) in [5, 5.41) is 7.67. The van der Waals surface area contributed by atoms with E-state index in [1.807, 2.05) is 49.3 Å². The van der Waals surface area contributed by atoms with Gasteiger partial charge in [0.1, 0.15) is 11.5 Å². The van der Waals surface area contributed by atoms with E-state index in [1.165, 1.54) is 23.9 Å². The fourth-order valence-electron chi connectivity index (χ4n) is 3.88. The number of hydrogen-bond acceptors (Lipinski definition) is 5. The molecule has 4 aromatic carbocycles. The Labute approximate surface area is 262 Å². The monoisotopic (exact) mass is 660 g/mol. The molecular formula is C33H30BrFN4O3S. The Balaban J connectivity index is 1.44. The van der Waals surface area contributed by atoms with E-state index in [-0.39, 0.29) is 17.3 Å². The summed E-state index contributed by atoms with van der Waals surface area (Å²) in [4.78, 5) is 41.6. The number of amides is 3. The lowest BCUT2D eigenvalue weighted by molar-refractivity contribution is -0.115. The van der Waals surface area contributed by atoms with Gasteiger partial charge in [0.05, 0.1) is 10.9 Å². The molecule has 0 aliphatic heterocycles. The quantitative estimate of drug-likeness (QED) is 0.124. The van der Waals surface area contributed by atoms with E-state index < -0.39 is 22.9 Å². The van der Waals surface area contributed by atoms with Crippen molar-refractivity contribution in [3.8, 4) is 0 Å². The molecule has 0 bridgehead atoms. The smallest absolute Gasteiger partial charge is 0.272 e. The van der Waals surface area contributed by atoms with Crippen LogP contribution in [-0.2, 0) is 9.59 Å². The first-order valence-electron chi connectivity index (χ1n) is 13.3. The first-order chi connectivity index (χ1) is 20.6. The van der Waals surface area contributed by atoms with E-state index in [0.717, 1.165) is 16.1 Å². The number of nitrogens with zero attached hydrogens (tertiary/aromatic N) is 1. The minimum atomic E-state index is -0.529. The average Bonchev–Trinajstić information content (AvgIpc) is 2.99. The van der Waals surface area contributed by atoms with Crippen molar-refractivity contribution in [1.29, 1.82) is 0 Å². The topological polar surface area (TPSA) is 90.5 Å². The van der Waals surface area contributed by atoms with Crippen molar-refractivity contribution < 1.29 is 18.8 Å². The molecule has 4 aromatic rings. The van der Waals surface area contributed by atoms with Gasteiger partial charge in [-0.25, -0.2) is 4.39 Å². The third kappa shape index (κ3) is 9.04. The third-order valence-electron chi connectivity index (χ3n) is 6.23. The molecule has 0 aliphatic rings. The molecule has 3 amide bonds. The predicted octanol–water partition coefficient (Wildman–Crippen LogP) is 7.18. The average molecular weight is 662 g/mol. The van der Waals surface area contributed by atoms with Crippen molar-refractivity contribution in [2.24, 2.45) is 0 Å². The van der Waals surface area contributed by atoms with E-state index in [1.54, 1.807) is 67.6 Å². The van der Waals surface area contributed by atoms with E-state index in [2.05, 4.69) is 31.9 Å². The van der Waals surface area contributed by atoms with Crippen LogP contribution in [0.1, 0.15) is 22.8 Å². The minimum absolute atomic E-state index is 0.0791. The number of rotatable bonds is 10. The summed E-state index contributed by atoms with van der Waals surface area (Å²) in [5.41, 5.74) is 2.86. The molecule has 0 aromatic heterocycles. The van der Waals surface area contributed by atoms with Crippen LogP contribution in [0.5, 0.6) is 0 Å². The number of anilines is 3. The molecule has 0 spiro atoms. The molecule has 7 nitrogen and oxygen atoms in total. The zero-order valence-corrected chi connectivity index (χ0v) is 26.1. The molecule has 10 heteroatoms. The summed E-state index contributed by atoms with van der Waals surface area (Å²) < 4.78 is 14.7. The zero-order valence-electron chi connectivity index (χ0n) is 23.7. The van der Waals surface area contributed by atoms with E-state index in [4.69, 9.17) is 0 Å². The highest BCUT2D eigenvalue weighted by atomic mass is 79.9. The number of halogens is 2. The fraction of sp³-hybridized carbons (Fsp3) is 0.121. The molecule has 43 heavy (non-hydrogen) atoms. The standard InChI is InChI=1S/C33H30BrFN4O3S/c1-21(31(40)37-29-18-11-24(34)20-28(29)35)43-27-16-12-25(13-17-27)36-33(42)30(38-32(41)23-7-5-4-6-8-23)19-22-9-14-26(15-10-22)39(2)3/h4-21H,1-3H3,(H,36,42)(H,37,40)(H,38,41)/b30-19-. The number of hydrogen-bond donors (Lipinski definition) is 3. The Bertz CT molecular complexity index is 1630. The van der Waals surface area contributed by atoms with Crippen LogP contribution in [-0.4, -0.2) is 37.1 Å². The van der Waals surface area contributed by atoms with Crippen molar-refractivity contribution in [3.05, 3.63) is 124 Å². The molecule has 0 fully saturated rings. The Kier molecular flexibility index (Phi) is 10.7. The third-order valence-corrected chi connectivity index (χ3v) is 7.84. The normalized spacial score (nSPS) is 11.8. The highest BCUT2D eigenvalue weighted by Gasteiger charge is 2.18. The molecule has 3 N–H and O–H groups in total. The first kappa shape index (κ1) is 31.5. The van der Waals surface area contributed by atoms with Crippen LogP contribution in [0.2, 0.25) is 0 Å². The Morgan fingerprint density at radius 2 is 1.56 bits per heavy atom. The Morgan fingerprint density at radius 1 is 0.884 bits per heavy atom. The number of thioether (sulfide) groups is 1. The van der Waals surface area contributed by atoms with Crippen molar-refractivity contribution in [2.45, 2.75) is 17.1 Å². The molecule has 0 radical (unpaired) electrons. The number of carbonyl (C=O) groups is 3. The van der Waals surface area contributed by atoms with Gasteiger partial charge in [0.25, 0.3) is 11.8 Å². The lowest BCUT2D eigenvalue weighted by Gasteiger charge is -2.14. The van der Waals surface area contributed by atoms with Crippen molar-refractivity contribution in [2.75, 3.05) is 29.6 Å². The predicted molar refractivity (Wildman–Crippen MR) is 176 cm³/mol. The molecule has 0 saturated heterocycles. The molecule has 1 atom stereocenters. The van der Waals surface area contributed by atoms with Crippen LogP contribution in [0.4, 0.5) is 21.5 Å². The van der Waals surface area contributed by atoms with Gasteiger partial charge < -0.3 is 20.9 Å². The zero-order chi connectivity index (χ0) is 30.9. The second kappa shape index (κ2) is 14.7. The number of carbonyl (C=O) groups excluding carboxylic acids is 3. The van der Waals surface area contributed by atoms with Crippen molar-refractivity contribution in [1.82, 2.24) is 5.32 Å². The highest BCUT2D eigenvalue weighted by molar-refractivity contribution is 9.10. The van der Waals surface area contributed by atoms with Crippen LogP contribution in [0.15, 0.2) is 112 Å². The van der Waals surface area contributed by atoms with Gasteiger partial charge in [0, 0.05) is 40.4 Å². The highest BCUT2D eigenvalue weighted by Crippen LogP contribution is 2.27. The summed E-state index contributed by atoms with van der Waals surface area (Å²) in [5.74, 6) is -1.77. The van der Waals surface area contributed by atoms with Crippen LogP contribution < -0.4 is 20.9 Å². The molecule has 4 rings (SSSR count). The van der Waals surface area contributed by atoms with Crippen LogP contribution in [0.3, 0.4) is 0 Å². The largest absolute Gasteiger partial charge is 0.378 e. The molecule has 1 unspecified atom stereocenters. The molecule has 220 valence electrons. The van der Waals surface area contributed by atoms with Gasteiger partial charge in [-0.1, -0.05) is 46.3 Å². The van der Waals surface area contributed by atoms with Gasteiger partial charge >= 0.3 is 0 Å². The second-order valence-electron chi connectivity index (χ2n) is 9.72. The lowest BCUT2D eigenvalue weighted by atomic mass is 10.1. The summed E-state index contributed by atoms with van der Waals surface area (Å²) >= 11 is 4.50. The minimum Gasteiger partial charge on any atom is -0.378 e. The van der Waals surface area contributed by atoms with Crippen molar-refractivity contribution >= 4 is 68.6 Å². The van der Waals surface area contributed by atoms with E-state index >= 15 is 0 Å². The van der Waals surface area contributed by atoms with Gasteiger partial charge in [-0.15, -0.1) is 11.8 Å². The summed E-state index contributed by atoms with van der Waals surface area (Å²) in [6.07, 6.45) is 1.62. The number of nitrogens with one attached hydrogen (secondary N) is 3. The fourth-order valence-corrected chi connectivity index (χ4v) is 5.08. The molecular weight excluding hydrogens is 631 g/mol. The second-order valence-corrected chi connectivity index (χ2v) is 12.0. The van der Waals surface area contributed by atoms with E-state index in [9.17, 15) is 18.8 Å². The van der Waals surface area contributed by atoms with Gasteiger partial charge in [0.15, 0.2) is 0 Å². The van der Waals surface area contributed by atoms with E-state index in [0.29, 0.717) is 15.7 Å². The van der Waals surface area contributed by atoms with Crippen molar-refractivity contribution in [3.63, 3.8) is 0 Å². The molecule has 0 heterocycles. The summed E-state index contributed by atoms with van der Waals surface area (Å²) in [7, 11) is 3.88. The first-order valence-corrected chi connectivity index (χ1v) is 15.0. The molecule has 0 saturated carbocycles. The van der Waals surface area contributed by atoms with Gasteiger partial charge in [-0.2, -0.15) is 0 Å².